The van der Waals surface area contributed by atoms with Crippen LogP contribution in [0.2, 0.25) is 0 Å². The van der Waals surface area contributed by atoms with Crippen LogP contribution < -0.4 is 5.32 Å². The van der Waals surface area contributed by atoms with Gasteiger partial charge in [-0.3, -0.25) is 9.59 Å². The number of nitrogens with one attached hydrogen (secondary N) is 1. The fourth-order valence-electron chi connectivity index (χ4n) is 1.44. The number of rotatable bonds is 2. The first-order chi connectivity index (χ1) is 5.04. The Kier molecular flexibility index (Phi) is 1.98. The van der Waals surface area contributed by atoms with Gasteiger partial charge in [0.25, 0.3) is 0 Å². The maximum absolute atomic E-state index is 10.9. The molecule has 62 valence electrons. The second-order valence-corrected chi connectivity index (χ2v) is 3.37. The van der Waals surface area contributed by atoms with E-state index in [2.05, 4.69) is 5.32 Å². The molecular formula is C8H13NO2. The van der Waals surface area contributed by atoms with Crippen molar-refractivity contribution < 1.29 is 9.59 Å². The van der Waals surface area contributed by atoms with Gasteiger partial charge in [-0.05, 0) is 12.8 Å². The van der Waals surface area contributed by atoms with Gasteiger partial charge in [0.15, 0.2) is 5.78 Å². The molecule has 0 aromatic carbocycles. The zero-order valence-electron chi connectivity index (χ0n) is 7.05. The third kappa shape index (κ3) is 1.27. The Bertz CT molecular complexity index is 198. The van der Waals surface area contributed by atoms with E-state index in [9.17, 15) is 9.59 Å². The molecule has 0 saturated carbocycles. The molecule has 1 aliphatic rings. The van der Waals surface area contributed by atoms with Crippen LogP contribution in [0, 0.1) is 11.8 Å². The molecule has 1 rings (SSSR count). The van der Waals surface area contributed by atoms with Crippen LogP contribution in [0.5, 0.6) is 0 Å². The standard InChI is InChI=1S/C8H13NO2/c1-4(2)6-7(5(3)10)9-8(6)11/h4,6-7H,1-3H3,(H,9,11)/t6-,7-/m1/s1. The van der Waals surface area contributed by atoms with Crippen molar-refractivity contribution in [3.63, 3.8) is 0 Å². The summed E-state index contributed by atoms with van der Waals surface area (Å²) in [4.78, 5) is 21.8. The Morgan fingerprint density at radius 1 is 1.55 bits per heavy atom. The highest BCUT2D eigenvalue weighted by Crippen LogP contribution is 2.23. The monoisotopic (exact) mass is 155 g/mol. The van der Waals surface area contributed by atoms with Gasteiger partial charge in [0, 0.05) is 0 Å². The van der Waals surface area contributed by atoms with Gasteiger partial charge in [0.1, 0.15) is 0 Å². The molecule has 0 aliphatic carbocycles. The minimum atomic E-state index is -0.220. The predicted octanol–water partition coefficient (Wildman–Crippen LogP) is 0.346. The highest BCUT2D eigenvalue weighted by Gasteiger charge is 2.43. The largest absolute Gasteiger partial charge is 0.345 e. The van der Waals surface area contributed by atoms with E-state index < -0.39 is 0 Å². The van der Waals surface area contributed by atoms with E-state index >= 15 is 0 Å². The number of β-lactam (4-membered cyclic amide) rings is 1. The molecule has 0 aromatic heterocycles. The number of hydrogen-bond acceptors (Lipinski definition) is 2. The minimum Gasteiger partial charge on any atom is -0.345 e. The van der Waals surface area contributed by atoms with Gasteiger partial charge in [0.2, 0.25) is 5.91 Å². The molecule has 1 amide bonds. The van der Waals surface area contributed by atoms with Gasteiger partial charge in [-0.2, -0.15) is 0 Å². The molecule has 1 heterocycles. The number of carbonyl (C=O) groups is 2. The first-order valence-corrected chi connectivity index (χ1v) is 3.85. The van der Waals surface area contributed by atoms with E-state index in [-0.39, 0.29) is 29.6 Å². The van der Waals surface area contributed by atoms with Crippen molar-refractivity contribution >= 4 is 11.7 Å². The lowest BCUT2D eigenvalue weighted by atomic mass is 9.79. The van der Waals surface area contributed by atoms with E-state index in [1.165, 1.54) is 6.92 Å². The van der Waals surface area contributed by atoms with E-state index in [4.69, 9.17) is 0 Å². The molecular weight excluding hydrogens is 142 g/mol. The van der Waals surface area contributed by atoms with Gasteiger partial charge < -0.3 is 5.32 Å². The van der Waals surface area contributed by atoms with E-state index in [0.717, 1.165) is 0 Å². The topological polar surface area (TPSA) is 46.2 Å². The maximum Gasteiger partial charge on any atom is 0.226 e. The van der Waals surface area contributed by atoms with Gasteiger partial charge in [-0.25, -0.2) is 0 Å². The fourth-order valence-corrected chi connectivity index (χ4v) is 1.44. The third-order valence-corrected chi connectivity index (χ3v) is 2.12. The summed E-state index contributed by atoms with van der Waals surface area (Å²) in [7, 11) is 0. The van der Waals surface area contributed by atoms with Gasteiger partial charge in [-0.15, -0.1) is 0 Å². The zero-order chi connectivity index (χ0) is 8.59. The average molecular weight is 155 g/mol. The van der Waals surface area contributed by atoms with Crippen LogP contribution in [-0.4, -0.2) is 17.7 Å². The lowest BCUT2D eigenvalue weighted by Crippen LogP contribution is -2.63. The molecule has 0 spiro atoms. The lowest BCUT2D eigenvalue weighted by Gasteiger charge is -2.37. The molecule has 1 saturated heterocycles. The summed E-state index contributed by atoms with van der Waals surface area (Å²) in [5.41, 5.74) is 0. The Balaban J connectivity index is 2.62. The van der Waals surface area contributed by atoms with Crippen LogP contribution in [0.1, 0.15) is 20.8 Å². The predicted molar refractivity (Wildman–Crippen MR) is 40.9 cm³/mol. The molecule has 0 aromatic rings. The second kappa shape index (κ2) is 2.64. The van der Waals surface area contributed by atoms with Crippen LogP contribution in [0.25, 0.3) is 0 Å². The van der Waals surface area contributed by atoms with Crippen molar-refractivity contribution in [3.8, 4) is 0 Å². The summed E-state index contributed by atoms with van der Waals surface area (Å²) in [5.74, 6) is 0.244. The van der Waals surface area contributed by atoms with Gasteiger partial charge >= 0.3 is 0 Å². The van der Waals surface area contributed by atoms with Gasteiger partial charge in [-0.1, -0.05) is 13.8 Å². The van der Waals surface area contributed by atoms with Crippen LogP contribution in [0.15, 0.2) is 0 Å². The van der Waals surface area contributed by atoms with Crippen LogP contribution in [0.3, 0.4) is 0 Å². The minimum absolute atomic E-state index is 0.0141. The number of ketones is 1. The van der Waals surface area contributed by atoms with E-state index in [1.54, 1.807) is 0 Å². The van der Waals surface area contributed by atoms with Gasteiger partial charge in [0.05, 0.1) is 12.0 Å². The van der Waals surface area contributed by atoms with Crippen molar-refractivity contribution in [3.05, 3.63) is 0 Å². The summed E-state index contributed by atoms with van der Waals surface area (Å²) in [6.45, 7) is 5.43. The molecule has 2 atom stereocenters. The Morgan fingerprint density at radius 3 is 2.27 bits per heavy atom. The van der Waals surface area contributed by atoms with Crippen LogP contribution in [-0.2, 0) is 9.59 Å². The molecule has 0 radical (unpaired) electrons. The fraction of sp³-hybridized carbons (Fsp3) is 0.750. The summed E-state index contributed by atoms with van der Waals surface area (Å²) >= 11 is 0. The van der Waals surface area contributed by atoms with Crippen molar-refractivity contribution in [2.75, 3.05) is 0 Å². The molecule has 0 bridgehead atoms. The number of amides is 1. The maximum atomic E-state index is 10.9. The summed E-state index contributed by atoms with van der Waals surface area (Å²) in [6, 6.07) is -0.220. The second-order valence-electron chi connectivity index (χ2n) is 3.37. The quantitative estimate of drug-likeness (QED) is 0.585. The Morgan fingerprint density at radius 2 is 2.09 bits per heavy atom. The van der Waals surface area contributed by atoms with Crippen molar-refractivity contribution in [1.29, 1.82) is 0 Å². The summed E-state index contributed by atoms with van der Waals surface area (Å²) in [6.07, 6.45) is 0. The van der Waals surface area contributed by atoms with E-state index in [1.807, 2.05) is 13.8 Å². The SMILES string of the molecule is CC(=O)[C@H]1NC(=O)[C@@H]1C(C)C. The summed E-state index contributed by atoms with van der Waals surface area (Å²) in [5, 5.41) is 2.59. The van der Waals surface area contributed by atoms with Crippen molar-refractivity contribution in [2.45, 2.75) is 26.8 Å². The smallest absolute Gasteiger partial charge is 0.226 e. The van der Waals surface area contributed by atoms with Crippen molar-refractivity contribution in [1.82, 2.24) is 5.32 Å². The van der Waals surface area contributed by atoms with Crippen LogP contribution >= 0.6 is 0 Å². The highest BCUT2D eigenvalue weighted by atomic mass is 16.2. The Hall–Kier alpha value is -0.860. The van der Waals surface area contributed by atoms with Crippen LogP contribution in [0.4, 0.5) is 0 Å². The molecule has 1 aliphatic heterocycles. The zero-order valence-corrected chi connectivity index (χ0v) is 7.05. The summed E-state index contributed by atoms with van der Waals surface area (Å²) < 4.78 is 0. The molecule has 11 heavy (non-hydrogen) atoms. The molecule has 1 N–H and O–H groups in total. The molecule has 0 unspecified atom stereocenters. The number of Topliss-reactive ketones (excluding diaryl/α,β-unsaturated/α-hetero) is 1. The molecule has 1 fully saturated rings. The van der Waals surface area contributed by atoms with Crippen molar-refractivity contribution in [2.24, 2.45) is 11.8 Å². The van der Waals surface area contributed by atoms with E-state index in [0.29, 0.717) is 0 Å². The number of carbonyl (C=O) groups excluding carboxylic acids is 2. The lowest BCUT2D eigenvalue weighted by molar-refractivity contribution is -0.143. The highest BCUT2D eigenvalue weighted by molar-refractivity contribution is 5.99. The first-order valence-electron chi connectivity index (χ1n) is 3.85. The normalized spacial score (nSPS) is 29.6. The number of hydrogen-bond donors (Lipinski definition) is 1. The Labute approximate surface area is 66.2 Å². The third-order valence-electron chi connectivity index (χ3n) is 2.12. The molecule has 3 heteroatoms. The molecule has 3 nitrogen and oxygen atoms in total. The first kappa shape index (κ1) is 8.24. The average Bonchev–Trinajstić information content (AvgIpc) is 1.80.